The predicted octanol–water partition coefficient (Wildman–Crippen LogP) is 5.26. The summed E-state index contributed by atoms with van der Waals surface area (Å²) in [6.45, 7) is 14.4. The van der Waals surface area contributed by atoms with Gasteiger partial charge in [0.05, 0.1) is 5.92 Å². The van der Waals surface area contributed by atoms with Gasteiger partial charge in [-0.3, -0.25) is 4.79 Å². The largest absolute Gasteiger partial charge is 0.299 e. The van der Waals surface area contributed by atoms with Crippen LogP contribution >= 0.6 is 0 Å². The van der Waals surface area contributed by atoms with Crippen LogP contribution in [-0.2, 0) is 4.79 Å². The molecule has 2 rings (SSSR count). The van der Waals surface area contributed by atoms with Crippen LogP contribution in [0, 0.1) is 41.5 Å². The first-order chi connectivity index (χ1) is 10.2. The van der Waals surface area contributed by atoms with E-state index < -0.39 is 0 Å². The van der Waals surface area contributed by atoms with Crippen molar-refractivity contribution in [2.45, 2.75) is 54.4 Å². The third kappa shape index (κ3) is 2.99. The van der Waals surface area contributed by atoms with E-state index in [1.807, 2.05) is 0 Å². The monoisotopic (exact) mass is 294 g/mol. The fraction of sp³-hybridized carbons (Fsp3) is 0.381. The topological polar surface area (TPSA) is 17.1 Å². The fourth-order valence-corrected chi connectivity index (χ4v) is 3.84. The molecule has 0 atom stereocenters. The molecule has 0 N–H and O–H groups in total. The van der Waals surface area contributed by atoms with E-state index in [4.69, 9.17) is 0 Å². The van der Waals surface area contributed by atoms with Crippen molar-refractivity contribution >= 4 is 5.78 Å². The van der Waals surface area contributed by atoms with Crippen molar-refractivity contribution in [2.75, 3.05) is 0 Å². The highest BCUT2D eigenvalue weighted by Gasteiger charge is 2.26. The highest BCUT2D eigenvalue weighted by atomic mass is 16.1. The smallest absolute Gasteiger partial charge is 0.141 e. The summed E-state index contributed by atoms with van der Waals surface area (Å²) in [7, 11) is 0. The Kier molecular flexibility index (Phi) is 4.55. The Balaban J connectivity index is 2.76. The van der Waals surface area contributed by atoms with Gasteiger partial charge in [0.2, 0.25) is 0 Å². The summed E-state index contributed by atoms with van der Waals surface area (Å²) in [6.07, 6.45) is 0. The van der Waals surface area contributed by atoms with Crippen molar-refractivity contribution in [3.63, 3.8) is 0 Å². The number of benzene rings is 2. The Bertz CT molecular complexity index is 634. The van der Waals surface area contributed by atoms with Crippen LogP contribution < -0.4 is 0 Å². The van der Waals surface area contributed by atoms with Gasteiger partial charge in [0.25, 0.3) is 0 Å². The fourth-order valence-electron chi connectivity index (χ4n) is 3.84. The molecule has 1 nitrogen and oxygen atoms in total. The first-order valence-corrected chi connectivity index (χ1v) is 7.88. The number of ketones is 1. The number of hydrogen-bond acceptors (Lipinski definition) is 1. The highest BCUT2D eigenvalue weighted by molar-refractivity contribution is 5.88. The lowest BCUT2D eigenvalue weighted by Gasteiger charge is -2.24. The summed E-state index contributed by atoms with van der Waals surface area (Å²) in [5, 5.41) is 0. The minimum Gasteiger partial charge on any atom is -0.299 e. The summed E-state index contributed by atoms with van der Waals surface area (Å²) in [5.74, 6) is 0.0475. The van der Waals surface area contributed by atoms with Crippen molar-refractivity contribution in [1.82, 2.24) is 0 Å². The summed E-state index contributed by atoms with van der Waals surface area (Å²) >= 11 is 0. The van der Waals surface area contributed by atoms with Gasteiger partial charge in [-0.2, -0.15) is 0 Å². The van der Waals surface area contributed by atoms with Crippen LogP contribution in [0.2, 0.25) is 0 Å². The Morgan fingerprint density at radius 3 is 1.18 bits per heavy atom. The van der Waals surface area contributed by atoms with Gasteiger partial charge < -0.3 is 0 Å². The number of Topliss-reactive ketones (excluding diaryl/α,β-unsaturated/α-hetero) is 1. The zero-order valence-corrected chi connectivity index (χ0v) is 14.8. The average molecular weight is 294 g/mol. The van der Waals surface area contributed by atoms with E-state index >= 15 is 0 Å². The van der Waals surface area contributed by atoms with Gasteiger partial charge in [0.15, 0.2) is 0 Å². The van der Waals surface area contributed by atoms with E-state index in [-0.39, 0.29) is 11.7 Å². The first-order valence-electron chi connectivity index (χ1n) is 7.88. The molecule has 0 aromatic heterocycles. The summed E-state index contributed by atoms with van der Waals surface area (Å²) in [5.41, 5.74) is 9.67. The molecule has 0 aliphatic carbocycles. The number of carbonyl (C=O) groups excluding carboxylic acids is 1. The average Bonchev–Trinajstić information content (AvgIpc) is 2.34. The van der Waals surface area contributed by atoms with Gasteiger partial charge in [0, 0.05) is 0 Å². The molecule has 0 spiro atoms. The van der Waals surface area contributed by atoms with Gasteiger partial charge in [0.1, 0.15) is 5.78 Å². The molecule has 0 aliphatic rings. The molecule has 1 heteroatoms. The maximum atomic E-state index is 12.5. The van der Waals surface area contributed by atoms with Crippen LogP contribution in [0.1, 0.15) is 57.3 Å². The molecule has 0 amide bonds. The zero-order chi connectivity index (χ0) is 16.6. The van der Waals surface area contributed by atoms with E-state index in [0.717, 1.165) is 0 Å². The zero-order valence-electron chi connectivity index (χ0n) is 14.8. The predicted molar refractivity (Wildman–Crippen MR) is 93.8 cm³/mol. The molecule has 0 unspecified atom stereocenters. The molecule has 2 aromatic carbocycles. The van der Waals surface area contributed by atoms with Crippen molar-refractivity contribution in [3.8, 4) is 0 Å². The summed E-state index contributed by atoms with van der Waals surface area (Å²) in [6, 6.07) is 8.71. The Morgan fingerprint density at radius 1 is 0.682 bits per heavy atom. The summed E-state index contributed by atoms with van der Waals surface area (Å²) in [4.78, 5) is 12.5. The first kappa shape index (κ1) is 16.5. The van der Waals surface area contributed by atoms with Crippen molar-refractivity contribution in [3.05, 3.63) is 68.8 Å². The van der Waals surface area contributed by atoms with E-state index in [1.165, 1.54) is 44.5 Å². The second kappa shape index (κ2) is 6.08. The van der Waals surface area contributed by atoms with Crippen LogP contribution in [0.3, 0.4) is 0 Å². The van der Waals surface area contributed by atoms with Crippen molar-refractivity contribution in [2.24, 2.45) is 0 Å². The second-order valence-electron chi connectivity index (χ2n) is 6.67. The standard InChI is InChI=1S/C21H26O/c1-12-8-14(3)19(15(4)9-12)21(18(7)22)20-16(5)10-13(2)11-17(20)6/h8-11,21H,1-7H3. The quantitative estimate of drug-likeness (QED) is 0.755. The van der Waals surface area contributed by atoms with E-state index in [1.54, 1.807) is 6.92 Å². The lowest BCUT2D eigenvalue weighted by molar-refractivity contribution is -0.117. The molecule has 0 saturated heterocycles. The molecule has 0 fully saturated rings. The van der Waals surface area contributed by atoms with Crippen LogP contribution in [0.4, 0.5) is 0 Å². The maximum absolute atomic E-state index is 12.5. The lowest BCUT2D eigenvalue weighted by Crippen LogP contribution is -2.16. The van der Waals surface area contributed by atoms with Crippen molar-refractivity contribution in [1.29, 1.82) is 0 Å². The molecule has 0 saturated carbocycles. The van der Waals surface area contributed by atoms with Crippen LogP contribution in [0.5, 0.6) is 0 Å². The molecule has 116 valence electrons. The van der Waals surface area contributed by atoms with Crippen LogP contribution in [0.15, 0.2) is 24.3 Å². The van der Waals surface area contributed by atoms with Crippen LogP contribution in [0.25, 0.3) is 0 Å². The Morgan fingerprint density at radius 2 is 0.955 bits per heavy atom. The van der Waals surface area contributed by atoms with Gasteiger partial charge in [-0.05, 0) is 81.8 Å². The van der Waals surface area contributed by atoms with Gasteiger partial charge in [-0.15, -0.1) is 0 Å². The van der Waals surface area contributed by atoms with Gasteiger partial charge in [-0.1, -0.05) is 35.4 Å². The van der Waals surface area contributed by atoms with Gasteiger partial charge in [-0.25, -0.2) is 0 Å². The third-order valence-corrected chi connectivity index (χ3v) is 4.46. The highest BCUT2D eigenvalue weighted by Crippen LogP contribution is 2.35. The van der Waals surface area contributed by atoms with Crippen LogP contribution in [-0.4, -0.2) is 5.78 Å². The Labute approximate surface area is 134 Å². The Hall–Kier alpha value is -1.89. The molecule has 0 aliphatic heterocycles. The van der Waals surface area contributed by atoms with E-state index in [0.29, 0.717) is 0 Å². The van der Waals surface area contributed by atoms with Gasteiger partial charge >= 0.3 is 0 Å². The lowest BCUT2D eigenvalue weighted by atomic mass is 9.79. The minimum atomic E-state index is -0.166. The molecular weight excluding hydrogens is 268 g/mol. The summed E-state index contributed by atoms with van der Waals surface area (Å²) < 4.78 is 0. The molecule has 0 bridgehead atoms. The molecule has 0 radical (unpaired) electrons. The van der Waals surface area contributed by atoms with Crippen molar-refractivity contribution < 1.29 is 4.79 Å². The maximum Gasteiger partial charge on any atom is 0.141 e. The van der Waals surface area contributed by atoms with E-state index in [2.05, 4.69) is 65.8 Å². The molecule has 0 heterocycles. The number of rotatable bonds is 3. The minimum absolute atomic E-state index is 0.166. The third-order valence-electron chi connectivity index (χ3n) is 4.46. The van der Waals surface area contributed by atoms with E-state index in [9.17, 15) is 4.79 Å². The molecular formula is C21H26O. The number of aryl methyl sites for hydroxylation is 6. The number of hydrogen-bond donors (Lipinski definition) is 0. The molecule has 22 heavy (non-hydrogen) atoms. The SMILES string of the molecule is CC(=O)C(c1c(C)cc(C)cc1C)c1c(C)cc(C)cc1C. The normalized spacial score (nSPS) is 11.1. The number of carbonyl (C=O) groups is 1. The molecule has 2 aromatic rings. The second-order valence-corrected chi connectivity index (χ2v) is 6.67.